The molecule has 0 bridgehead atoms. The van der Waals surface area contributed by atoms with Gasteiger partial charge in [0, 0.05) is 5.41 Å². The van der Waals surface area contributed by atoms with Crippen LogP contribution >= 0.6 is 0 Å². The number of hydrogen-bond acceptors (Lipinski definition) is 1. The number of aliphatic hydroxyl groups excluding tert-OH is 1. The molecule has 1 saturated carbocycles. The smallest absolute Gasteiger partial charge is 0.0653 e. The summed E-state index contributed by atoms with van der Waals surface area (Å²) in [5, 5.41) is 10.6. The lowest BCUT2D eigenvalue weighted by Gasteiger charge is -2.37. The van der Waals surface area contributed by atoms with Crippen molar-refractivity contribution in [2.75, 3.05) is 0 Å². The first kappa shape index (κ1) is 13.5. The molecular formula is C15H26O. The van der Waals surface area contributed by atoms with Crippen molar-refractivity contribution in [2.24, 2.45) is 10.8 Å². The van der Waals surface area contributed by atoms with Gasteiger partial charge in [0.15, 0.2) is 0 Å². The normalized spacial score (nSPS) is 26.7. The lowest BCUT2D eigenvalue weighted by atomic mass is 9.71. The minimum atomic E-state index is -0.242. The molecule has 1 N–H and O–H groups in total. The van der Waals surface area contributed by atoms with Gasteiger partial charge in [-0.25, -0.2) is 0 Å². The third-order valence-electron chi connectivity index (χ3n) is 3.90. The Labute approximate surface area is 100 Å². The van der Waals surface area contributed by atoms with E-state index in [4.69, 9.17) is 0 Å². The maximum absolute atomic E-state index is 10.6. The lowest BCUT2D eigenvalue weighted by molar-refractivity contribution is -0.00905. The average molecular weight is 222 g/mol. The van der Waals surface area contributed by atoms with Crippen LogP contribution in [-0.4, -0.2) is 11.2 Å². The van der Waals surface area contributed by atoms with Crippen molar-refractivity contribution < 1.29 is 5.11 Å². The molecule has 0 spiro atoms. The van der Waals surface area contributed by atoms with E-state index in [1.807, 2.05) is 0 Å². The summed E-state index contributed by atoms with van der Waals surface area (Å²) < 4.78 is 0. The van der Waals surface area contributed by atoms with E-state index in [1.54, 1.807) is 0 Å². The average Bonchev–Trinajstić information content (AvgIpc) is 2.29. The van der Waals surface area contributed by atoms with Crippen molar-refractivity contribution in [2.45, 2.75) is 59.5 Å². The van der Waals surface area contributed by atoms with Gasteiger partial charge in [-0.1, -0.05) is 25.0 Å². The fourth-order valence-corrected chi connectivity index (χ4v) is 3.31. The minimum absolute atomic E-state index is 0.0127. The van der Waals surface area contributed by atoms with Crippen LogP contribution in [0.15, 0.2) is 24.3 Å². The van der Waals surface area contributed by atoms with Gasteiger partial charge in [-0.15, -0.1) is 13.2 Å². The Balaban J connectivity index is 2.97. The van der Waals surface area contributed by atoms with Gasteiger partial charge in [-0.3, -0.25) is 0 Å². The first-order chi connectivity index (χ1) is 7.19. The van der Waals surface area contributed by atoms with E-state index in [2.05, 4.69) is 40.9 Å². The monoisotopic (exact) mass is 222 g/mol. The van der Waals surface area contributed by atoms with E-state index in [0.717, 1.165) is 36.8 Å². The van der Waals surface area contributed by atoms with Gasteiger partial charge in [0.25, 0.3) is 0 Å². The Morgan fingerprint density at radius 2 is 1.56 bits per heavy atom. The van der Waals surface area contributed by atoms with E-state index < -0.39 is 0 Å². The summed E-state index contributed by atoms with van der Waals surface area (Å²) in [6.07, 6.45) is 3.78. The highest BCUT2D eigenvalue weighted by Crippen LogP contribution is 2.54. The van der Waals surface area contributed by atoms with Crippen LogP contribution in [0.1, 0.15) is 53.4 Å². The summed E-state index contributed by atoms with van der Waals surface area (Å²) in [6.45, 7) is 16.5. The Morgan fingerprint density at radius 1 is 1.12 bits per heavy atom. The zero-order valence-corrected chi connectivity index (χ0v) is 11.3. The molecule has 92 valence electrons. The number of rotatable bonds is 4. The molecule has 1 unspecified atom stereocenters. The van der Waals surface area contributed by atoms with Gasteiger partial charge < -0.3 is 5.11 Å². The third kappa shape index (κ3) is 2.57. The van der Waals surface area contributed by atoms with Crippen LogP contribution in [0.25, 0.3) is 0 Å². The summed E-state index contributed by atoms with van der Waals surface area (Å²) in [4.78, 5) is 0. The molecule has 1 fully saturated rings. The Hall–Kier alpha value is -0.560. The molecule has 0 radical (unpaired) electrons. The Bertz CT molecular complexity index is 283. The Morgan fingerprint density at radius 3 is 1.81 bits per heavy atom. The van der Waals surface area contributed by atoms with Crippen LogP contribution < -0.4 is 0 Å². The van der Waals surface area contributed by atoms with Crippen molar-refractivity contribution >= 4 is 0 Å². The molecule has 0 aromatic rings. The third-order valence-corrected chi connectivity index (χ3v) is 3.90. The summed E-state index contributed by atoms with van der Waals surface area (Å²) in [6, 6.07) is 0. The standard InChI is InChI=1S/C15H26O/c1-11(2)9-15(10-12(3)4)8-7-14(5,6)13(15)16/h13,16H,1,3,7-10H2,2,4-6H3. The fraction of sp³-hybridized carbons (Fsp3) is 0.733. The summed E-state index contributed by atoms with van der Waals surface area (Å²) in [5.41, 5.74) is 2.35. The van der Waals surface area contributed by atoms with Crippen LogP contribution in [-0.2, 0) is 0 Å². The van der Waals surface area contributed by atoms with Gasteiger partial charge in [0.05, 0.1) is 6.10 Å². The SMILES string of the molecule is C=C(C)CC1(CC(=C)C)CCC(C)(C)C1O. The molecule has 1 aliphatic carbocycles. The molecule has 0 aliphatic heterocycles. The minimum Gasteiger partial charge on any atom is -0.392 e. The van der Waals surface area contributed by atoms with Crippen LogP contribution in [0.5, 0.6) is 0 Å². The van der Waals surface area contributed by atoms with E-state index in [0.29, 0.717) is 0 Å². The molecule has 1 nitrogen and oxygen atoms in total. The highest BCUT2D eigenvalue weighted by atomic mass is 16.3. The largest absolute Gasteiger partial charge is 0.392 e. The zero-order chi connectivity index (χ0) is 12.6. The zero-order valence-electron chi connectivity index (χ0n) is 11.3. The van der Waals surface area contributed by atoms with Crippen LogP contribution in [0.2, 0.25) is 0 Å². The molecule has 1 heteroatoms. The van der Waals surface area contributed by atoms with Crippen LogP contribution in [0, 0.1) is 10.8 Å². The van der Waals surface area contributed by atoms with Crippen molar-refractivity contribution in [1.29, 1.82) is 0 Å². The van der Waals surface area contributed by atoms with Crippen LogP contribution in [0.4, 0.5) is 0 Å². The first-order valence-electron chi connectivity index (χ1n) is 6.16. The topological polar surface area (TPSA) is 20.2 Å². The molecule has 0 aromatic heterocycles. The van der Waals surface area contributed by atoms with Crippen molar-refractivity contribution in [3.63, 3.8) is 0 Å². The molecule has 1 aliphatic rings. The quantitative estimate of drug-likeness (QED) is 0.710. The fourth-order valence-electron chi connectivity index (χ4n) is 3.31. The van der Waals surface area contributed by atoms with Gasteiger partial charge >= 0.3 is 0 Å². The molecule has 0 aromatic carbocycles. The maximum Gasteiger partial charge on any atom is 0.0653 e. The molecular weight excluding hydrogens is 196 g/mol. The van der Waals surface area contributed by atoms with E-state index in [-0.39, 0.29) is 16.9 Å². The van der Waals surface area contributed by atoms with Gasteiger partial charge in [0.2, 0.25) is 0 Å². The molecule has 16 heavy (non-hydrogen) atoms. The van der Waals surface area contributed by atoms with Crippen molar-refractivity contribution in [3.05, 3.63) is 24.3 Å². The second-order valence-corrected chi connectivity index (χ2v) is 6.52. The second kappa shape index (κ2) is 4.37. The molecule has 1 rings (SSSR count). The molecule has 0 amide bonds. The van der Waals surface area contributed by atoms with Crippen LogP contribution in [0.3, 0.4) is 0 Å². The molecule has 1 atom stereocenters. The second-order valence-electron chi connectivity index (χ2n) is 6.52. The van der Waals surface area contributed by atoms with Gasteiger partial charge in [0.1, 0.15) is 0 Å². The number of allylic oxidation sites excluding steroid dienone is 2. The summed E-state index contributed by atoms with van der Waals surface area (Å²) in [5.74, 6) is 0. The number of hydrogen-bond donors (Lipinski definition) is 1. The van der Waals surface area contributed by atoms with Gasteiger partial charge in [-0.2, -0.15) is 0 Å². The highest BCUT2D eigenvalue weighted by molar-refractivity contribution is 5.12. The lowest BCUT2D eigenvalue weighted by Crippen LogP contribution is -2.37. The van der Waals surface area contributed by atoms with E-state index >= 15 is 0 Å². The molecule has 0 saturated heterocycles. The van der Waals surface area contributed by atoms with E-state index in [1.165, 1.54) is 0 Å². The highest BCUT2D eigenvalue weighted by Gasteiger charge is 2.51. The van der Waals surface area contributed by atoms with E-state index in [9.17, 15) is 5.11 Å². The first-order valence-corrected chi connectivity index (χ1v) is 6.16. The molecule has 0 heterocycles. The number of aliphatic hydroxyl groups is 1. The predicted octanol–water partition coefficient (Wildman–Crippen LogP) is 4.09. The predicted molar refractivity (Wildman–Crippen MR) is 70.3 cm³/mol. The van der Waals surface area contributed by atoms with Crippen molar-refractivity contribution in [1.82, 2.24) is 0 Å². The Kier molecular flexibility index (Phi) is 3.69. The summed E-state index contributed by atoms with van der Waals surface area (Å²) >= 11 is 0. The maximum atomic E-state index is 10.6. The van der Waals surface area contributed by atoms with Crippen molar-refractivity contribution in [3.8, 4) is 0 Å². The summed E-state index contributed by atoms with van der Waals surface area (Å²) in [7, 11) is 0. The van der Waals surface area contributed by atoms with Gasteiger partial charge in [-0.05, 0) is 44.9 Å².